The predicted molar refractivity (Wildman–Crippen MR) is 83.7 cm³/mol. The molecular formula is C15H21F3N2O3S. The fraction of sp³-hybridized carbons (Fsp3) is 0.600. The molecule has 5 nitrogen and oxygen atoms in total. The topological polar surface area (TPSA) is 60.9 Å². The van der Waals surface area contributed by atoms with Gasteiger partial charge in [-0.2, -0.15) is 13.2 Å². The molecule has 1 aromatic carbocycles. The summed E-state index contributed by atoms with van der Waals surface area (Å²) < 4.78 is 64.0. The highest BCUT2D eigenvalue weighted by Gasteiger charge is 2.37. The van der Waals surface area contributed by atoms with E-state index in [2.05, 4.69) is 0 Å². The Morgan fingerprint density at radius 3 is 2.46 bits per heavy atom. The van der Waals surface area contributed by atoms with E-state index in [-0.39, 0.29) is 31.0 Å². The monoisotopic (exact) mass is 366 g/mol. The van der Waals surface area contributed by atoms with Crippen LogP contribution in [0.1, 0.15) is 11.1 Å². The highest BCUT2D eigenvalue weighted by atomic mass is 32.2. The molecule has 9 heteroatoms. The molecule has 1 aliphatic heterocycles. The van der Waals surface area contributed by atoms with Crippen molar-refractivity contribution in [3.05, 3.63) is 35.4 Å². The molecular weight excluding hydrogens is 345 g/mol. The number of aliphatic hydroxyl groups excluding tert-OH is 1. The number of hydrogen-bond donors (Lipinski definition) is 1. The number of nitrogens with zero attached hydrogens (tertiary/aromatic N) is 2. The number of likely N-dealkylation sites (tertiary alicyclic amines) is 1. The van der Waals surface area contributed by atoms with Crippen LogP contribution >= 0.6 is 0 Å². The molecule has 0 spiro atoms. The lowest BCUT2D eigenvalue weighted by Gasteiger charge is -2.19. The van der Waals surface area contributed by atoms with Crippen molar-refractivity contribution >= 4 is 10.0 Å². The van der Waals surface area contributed by atoms with Gasteiger partial charge in [0.05, 0.1) is 17.4 Å². The molecule has 136 valence electrons. The molecule has 0 saturated carbocycles. The molecule has 1 N–H and O–H groups in total. The van der Waals surface area contributed by atoms with Crippen LogP contribution in [0.5, 0.6) is 0 Å². The minimum absolute atomic E-state index is 0.0191. The van der Waals surface area contributed by atoms with Gasteiger partial charge in [-0.3, -0.25) is 4.90 Å². The van der Waals surface area contributed by atoms with Gasteiger partial charge in [0, 0.05) is 39.6 Å². The number of β-amino-alcohol motifs (C(OH)–C–C–N with tert-alkyl or cyclic N) is 1. The van der Waals surface area contributed by atoms with Gasteiger partial charge in [-0.15, -0.1) is 0 Å². The van der Waals surface area contributed by atoms with Gasteiger partial charge in [0.15, 0.2) is 0 Å². The summed E-state index contributed by atoms with van der Waals surface area (Å²) >= 11 is 0. The number of alkyl halides is 3. The summed E-state index contributed by atoms with van der Waals surface area (Å²) in [7, 11) is -0.654. The summed E-state index contributed by atoms with van der Waals surface area (Å²) in [5.74, 6) is -0.742. The molecule has 0 aromatic heterocycles. The predicted octanol–water partition coefficient (Wildman–Crippen LogP) is 1.39. The van der Waals surface area contributed by atoms with Gasteiger partial charge in [-0.1, -0.05) is 18.2 Å². The average molecular weight is 366 g/mol. The van der Waals surface area contributed by atoms with E-state index in [1.807, 2.05) is 0 Å². The van der Waals surface area contributed by atoms with Gasteiger partial charge in [0.25, 0.3) is 0 Å². The van der Waals surface area contributed by atoms with Crippen molar-refractivity contribution in [2.24, 2.45) is 5.92 Å². The van der Waals surface area contributed by atoms with E-state index in [0.717, 1.165) is 10.4 Å². The number of sulfonamides is 1. The summed E-state index contributed by atoms with van der Waals surface area (Å²) in [4.78, 5) is 1.66. The molecule has 2 unspecified atom stereocenters. The molecule has 0 aliphatic carbocycles. The van der Waals surface area contributed by atoms with Crippen LogP contribution in [-0.2, 0) is 22.7 Å². The van der Waals surface area contributed by atoms with E-state index in [1.165, 1.54) is 32.3 Å². The van der Waals surface area contributed by atoms with Crippen molar-refractivity contribution in [2.75, 3.05) is 32.9 Å². The first-order valence-corrected chi connectivity index (χ1v) is 9.07. The molecule has 1 aromatic rings. The first-order valence-electron chi connectivity index (χ1n) is 7.46. The molecule has 0 radical (unpaired) electrons. The normalized spacial score (nSPS) is 23.1. The zero-order valence-electron chi connectivity index (χ0n) is 13.5. The number of aliphatic hydroxyl groups is 1. The Bertz CT molecular complexity index is 677. The lowest BCUT2D eigenvalue weighted by Crippen LogP contribution is -2.33. The lowest BCUT2D eigenvalue weighted by molar-refractivity contribution is -0.138. The Labute approximate surface area is 139 Å². The quantitative estimate of drug-likeness (QED) is 0.856. The Hall–Kier alpha value is -1.16. The minimum Gasteiger partial charge on any atom is -0.391 e. The number of halogens is 3. The van der Waals surface area contributed by atoms with E-state index in [9.17, 15) is 26.7 Å². The van der Waals surface area contributed by atoms with Gasteiger partial charge in [-0.25, -0.2) is 12.7 Å². The molecule has 1 saturated heterocycles. The van der Waals surface area contributed by atoms with Crippen LogP contribution in [0.3, 0.4) is 0 Å². The summed E-state index contributed by atoms with van der Waals surface area (Å²) in [6, 6.07) is 5.29. The van der Waals surface area contributed by atoms with Gasteiger partial charge < -0.3 is 5.11 Å². The molecule has 24 heavy (non-hydrogen) atoms. The highest BCUT2D eigenvalue weighted by molar-refractivity contribution is 7.89. The standard InChI is InChI=1S/C15H21F3N2O3S/c1-19(2)24(22,23)10-12-8-20(9-14(12)21)7-11-5-3-4-6-13(11)15(16,17)18/h3-6,12,14,21H,7-10H2,1-2H3. The first kappa shape index (κ1) is 19.2. The van der Waals surface area contributed by atoms with Crippen molar-refractivity contribution < 1.29 is 26.7 Å². The van der Waals surface area contributed by atoms with Crippen molar-refractivity contribution in [1.29, 1.82) is 0 Å². The Morgan fingerprint density at radius 2 is 1.88 bits per heavy atom. The second-order valence-electron chi connectivity index (χ2n) is 6.24. The van der Waals surface area contributed by atoms with E-state index in [4.69, 9.17) is 0 Å². The second kappa shape index (κ2) is 6.99. The van der Waals surface area contributed by atoms with Gasteiger partial charge in [0.2, 0.25) is 10.0 Å². The number of benzene rings is 1. The van der Waals surface area contributed by atoms with Crippen LogP contribution in [0.15, 0.2) is 24.3 Å². The third-order valence-electron chi connectivity index (χ3n) is 4.18. The second-order valence-corrected chi connectivity index (χ2v) is 8.46. The largest absolute Gasteiger partial charge is 0.416 e. The maximum absolute atomic E-state index is 13.0. The minimum atomic E-state index is -4.44. The number of rotatable bonds is 5. The summed E-state index contributed by atoms with van der Waals surface area (Å²) in [5.41, 5.74) is -0.586. The Morgan fingerprint density at radius 1 is 1.25 bits per heavy atom. The summed E-state index contributed by atoms with van der Waals surface area (Å²) in [6.07, 6.45) is -5.32. The summed E-state index contributed by atoms with van der Waals surface area (Å²) in [6.45, 7) is 0.408. The van der Waals surface area contributed by atoms with Crippen molar-refractivity contribution in [3.63, 3.8) is 0 Å². The van der Waals surface area contributed by atoms with E-state index in [0.29, 0.717) is 0 Å². The summed E-state index contributed by atoms with van der Waals surface area (Å²) in [5, 5.41) is 10.1. The molecule has 1 aliphatic rings. The molecule has 1 heterocycles. The van der Waals surface area contributed by atoms with E-state index >= 15 is 0 Å². The van der Waals surface area contributed by atoms with Crippen molar-refractivity contribution in [2.45, 2.75) is 18.8 Å². The maximum Gasteiger partial charge on any atom is 0.416 e. The SMILES string of the molecule is CN(C)S(=O)(=O)CC1CN(Cc2ccccc2C(F)(F)F)CC1O. The van der Waals surface area contributed by atoms with Crippen molar-refractivity contribution in [3.8, 4) is 0 Å². The van der Waals surface area contributed by atoms with Crippen LogP contribution in [0.2, 0.25) is 0 Å². The third-order valence-corrected chi connectivity index (χ3v) is 6.14. The number of hydrogen-bond acceptors (Lipinski definition) is 4. The average Bonchev–Trinajstić information content (AvgIpc) is 2.77. The van der Waals surface area contributed by atoms with E-state index in [1.54, 1.807) is 4.90 Å². The molecule has 0 bridgehead atoms. The molecule has 2 atom stereocenters. The van der Waals surface area contributed by atoms with Gasteiger partial charge in [-0.05, 0) is 11.6 Å². The lowest BCUT2D eigenvalue weighted by atomic mass is 10.1. The first-order chi connectivity index (χ1) is 11.0. The smallest absolute Gasteiger partial charge is 0.391 e. The van der Waals surface area contributed by atoms with Crippen LogP contribution in [-0.4, -0.2) is 61.8 Å². The fourth-order valence-corrected chi connectivity index (χ4v) is 4.00. The van der Waals surface area contributed by atoms with Crippen LogP contribution in [0, 0.1) is 5.92 Å². The molecule has 2 rings (SSSR count). The highest BCUT2D eigenvalue weighted by Crippen LogP contribution is 2.33. The van der Waals surface area contributed by atoms with Crippen LogP contribution in [0.25, 0.3) is 0 Å². The van der Waals surface area contributed by atoms with Crippen LogP contribution < -0.4 is 0 Å². The van der Waals surface area contributed by atoms with E-state index < -0.39 is 33.8 Å². The zero-order valence-corrected chi connectivity index (χ0v) is 14.3. The van der Waals surface area contributed by atoms with Gasteiger partial charge >= 0.3 is 6.18 Å². The van der Waals surface area contributed by atoms with Gasteiger partial charge in [0.1, 0.15) is 0 Å². The maximum atomic E-state index is 13.0. The molecule has 1 fully saturated rings. The van der Waals surface area contributed by atoms with Crippen molar-refractivity contribution in [1.82, 2.24) is 9.21 Å². The fourth-order valence-electron chi connectivity index (χ4n) is 2.83. The Kier molecular flexibility index (Phi) is 5.58. The molecule has 0 amide bonds. The van der Waals surface area contributed by atoms with Crippen LogP contribution in [0.4, 0.5) is 13.2 Å². The zero-order chi connectivity index (χ0) is 18.1. The third kappa shape index (κ3) is 4.47. The Balaban J connectivity index is 2.09.